The molecule has 1 saturated heterocycles. The zero-order valence-corrected chi connectivity index (χ0v) is 11.1. The van der Waals surface area contributed by atoms with Gasteiger partial charge in [0.05, 0.1) is 20.3 Å². The summed E-state index contributed by atoms with van der Waals surface area (Å²) < 4.78 is 16.1. The van der Waals surface area contributed by atoms with E-state index in [0.29, 0.717) is 6.10 Å². The minimum atomic E-state index is 0.428. The van der Waals surface area contributed by atoms with Gasteiger partial charge in [0.15, 0.2) is 11.5 Å². The lowest BCUT2D eigenvalue weighted by molar-refractivity contribution is 0.107. The molecule has 1 aliphatic heterocycles. The molecule has 1 fully saturated rings. The van der Waals surface area contributed by atoms with Gasteiger partial charge in [0.25, 0.3) is 0 Å². The van der Waals surface area contributed by atoms with Crippen LogP contribution < -0.4 is 14.8 Å². The van der Waals surface area contributed by atoms with E-state index in [1.807, 2.05) is 18.2 Å². The molecule has 0 aliphatic carbocycles. The van der Waals surface area contributed by atoms with Gasteiger partial charge in [-0.05, 0) is 31.4 Å². The molecule has 1 N–H and O–H groups in total. The molecule has 4 nitrogen and oxygen atoms in total. The van der Waals surface area contributed by atoms with Gasteiger partial charge >= 0.3 is 0 Å². The molecule has 1 unspecified atom stereocenters. The normalized spacial score (nSPS) is 18.7. The third-order valence-electron chi connectivity index (χ3n) is 3.20. The highest BCUT2D eigenvalue weighted by Gasteiger charge is 2.14. The van der Waals surface area contributed by atoms with Crippen LogP contribution in [0.25, 0.3) is 0 Å². The first kappa shape index (κ1) is 13.0. The Labute approximate surface area is 108 Å². The van der Waals surface area contributed by atoms with Crippen molar-refractivity contribution < 1.29 is 14.2 Å². The maximum atomic E-state index is 5.59. The van der Waals surface area contributed by atoms with Crippen molar-refractivity contribution in [1.82, 2.24) is 0 Å². The lowest BCUT2D eigenvalue weighted by atomic mass is 10.2. The highest BCUT2D eigenvalue weighted by molar-refractivity contribution is 5.54. The molecule has 1 heterocycles. The highest BCUT2D eigenvalue weighted by atomic mass is 16.5. The molecule has 4 heteroatoms. The summed E-state index contributed by atoms with van der Waals surface area (Å²) in [4.78, 5) is 0. The van der Waals surface area contributed by atoms with E-state index in [1.165, 1.54) is 12.8 Å². The van der Waals surface area contributed by atoms with Crippen LogP contribution in [0, 0.1) is 0 Å². The molecule has 0 amide bonds. The monoisotopic (exact) mass is 251 g/mol. The molecule has 1 aliphatic rings. The van der Waals surface area contributed by atoms with Gasteiger partial charge in [-0.1, -0.05) is 0 Å². The first-order valence-corrected chi connectivity index (χ1v) is 6.41. The summed E-state index contributed by atoms with van der Waals surface area (Å²) in [6, 6.07) is 5.86. The third kappa shape index (κ3) is 3.29. The molecule has 0 radical (unpaired) electrons. The molecule has 18 heavy (non-hydrogen) atoms. The van der Waals surface area contributed by atoms with Gasteiger partial charge in [-0.2, -0.15) is 0 Å². The van der Waals surface area contributed by atoms with Gasteiger partial charge < -0.3 is 19.5 Å². The van der Waals surface area contributed by atoms with Gasteiger partial charge in [-0.3, -0.25) is 0 Å². The van der Waals surface area contributed by atoms with Crippen molar-refractivity contribution in [1.29, 1.82) is 0 Å². The van der Waals surface area contributed by atoms with Gasteiger partial charge in [0, 0.05) is 24.9 Å². The van der Waals surface area contributed by atoms with Crippen LogP contribution in [0.3, 0.4) is 0 Å². The maximum absolute atomic E-state index is 5.59. The summed E-state index contributed by atoms with van der Waals surface area (Å²) >= 11 is 0. The first-order chi connectivity index (χ1) is 8.83. The van der Waals surface area contributed by atoms with Gasteiger partial charge in [0.1, 0.15) is 0 Å². The fourth-order valence-electron chi connectivity index (χ4n) is 2.20. The van der Waals surface area contributed by atoms with Crippen molar-refractivity contribution in [2.75, 3.05) is 32.7 Å². The fraction of sp³-hybridized carbons (Fsp3) is 0.571. The van der Waals surface area contributed by atoms with Crippen LogP contribution in [0.15, 0.2) is 18.2 Å². The smallest absolute Gasteiger partial charge is 0.162 e. The quantitative estimate of drug-likeness (QED) is 0.843. The molecule has 0 bridgehead atoms. The summed E-state index contributed by atoms with van der Waals surface area (Å²) in [6.07, 6.45) is 3.86. The Morgan fingerprint density at radius 1 is 1.28 bits per heavy atom. The summed E-state index contributed by atoms with van der Waals surface area (Å²) in [5.74, 6) is 1.50. The molecule has 1 aromatic carbocycles. The van der Waals surface area contributed by atoms with E-state index in [-0.39, 0.29) is 0 Å². The number of methoxy groups -OCH3 is 2. The molecular formula is C14H21NO3. The predicted octanol–water partition coefficient (Wildman–Crippen LogP) is 2.68. The standard InChI is InChI=1S/C14H21NO3/c1-16-13-6-5-11(10-14(13)17-2)15-8-7-12-4-3-9-18-12/h5-6,10,12,15H,3-4,7-9H2,1-2H3. The Hall–Kier alpha value is -1.42. The second kappa shape index (κ2) is 6.50. The van der Waals surface area contributed by atoms with Gasteiger partial charge in [-0.25, -0.2) is 0 Å². The SMILES string of the molecule is COc1ccc(NCCC2CCCO2)cc1OC. The number of nitrogens with one attached hydrogen (secondary N) is 1. The third-order valence-corrected chi connectivity index (χ3v) is 3.20. The second-order valence-electron chi connectivity index (χ2n) is 4.42. The van der Waals surface area contributed by atoms with Crippen LogP contribution in [0.5, 0.6) is 11.5 Å². The van der Waals surface area contributed by atoms with E-state index >= 15 is 0 Å². The van der Waals surface area contributed by atoms with Crippen LogP contribution in [0.4, 0.5) is 5.69 Å². The topological polar surface area (TPSA) is 39.7 Å². The number of anilines is 1. The predicted molar refractivity (Wildman–Crippen MR) is 71.6 cm³/mol. The number of hydrogen-bond donors (Lipinski definition) is 1. The van der Waals surface area contributed by atoms with Crippen molar-refractivity contribution in [3.8, 4) is 11.5 Å². The van der Waals surface area contributed by atoms with Crippen LogP contribution in [0.1, 0.15) is 19.3 Å². The molecule has 1 aromatic rings. The minimum absolute atomic E-state index is 0.428. The summed E-state index contributed by atoms with van der Waals surface area (Å²) in [5.41, 5.74) is 1.05. The number of ether oxygens (including phenoxy) is 3. The van der Waals surface area contributed by atoms with Crippen molar-refractivity contribution in [3.63, 3.8) is 0 Å². The molecule has 0 aromatic heterocycles. The van der Waals surface area contributed by atoms with Crippen molar-refractivity contribution in [2.24, 2.45) is 0 Å². The van der Waals surface area contributed by atoms with E-state index in [0.717, 1.165) is 36.8 Å². The molecule has 2 rings (SSSR count). The highest BCUT2D eigenvalue weighted by Crippen LogP contribution is 2.29. The van der Waals surface area contributed by atoms with Gasteiger partial charge in [-0.15, -0.1) is 0 Å². The number of hydrogen-bond acceptors (Lipinski definition) is 4. The molecule has 0 saturated carbocycles. The fourth-order valence-corrected chi connectivity index (χ4v) is 2.20. The van der Waals surface area contributed by atoms with Crippen molar-refractivity contribution in [3.05, 3.63) is 18.2 Å². The Bertz CT molecular complexity index is 375. The lowest BCUT2D eigenvalue weighted by Crippen LogP contribution is -2.12. The average Bonchev–Trinajstić information content (AvgIpc) is 2.91. The number of rotatable bonds is 6. The molecule has 0 spiro atoms. The maximum Gasteiger partial charge on any atom is 0.162 e. The van der Waals surface area contributed by atoms with Crippen LogP contribution in [-0.2, 0) is 4.74 Å². The first-order valence-electron chi connectivity index (χ1n) is 6.41. The summed E-state index contributed by atoms with van der Waals surface area (Å²) in [5, 5.41) is 3.38. The lowest BCUT2D eigenvalue weighted by Gasteiger charge is -2.13. The average molecular weight is 251 g/mol. The molecule has 100 valence electrons. The van der Waals surface area contributed by atoms with E-state index in [4.69, 9.17) is 14.2 Å². The van der Waals surface area contributed by atoms with Crippen molar-refractivity contribution in [2.45, 2.75) is 25.4 Å². The van der Waals surface area contributed by atoms with Crippen LogP contribution >= 0.6 is 0 Å². The van der Waals surface area contributed by atoms with E-state index in [2.05, 4.69) is 5.32 Å². The van der Waals surface area contributed by atoms with Crippen molar-refractivity contribution >= 4 is 5.69 Å². The minimum Gasteiger partial charge on any atom is -0.493 e. The Morgan fingerprint density at radius 3 is 2.78 bits per heavy atom. The second-order valence-corrected chi connectivity index (χ2v) is 4.42. The Kier molecular flexibility index (Phi) is 4.70. The molecule has 1 atom stereocenters. The Morgan fingerprint density at radius 2 is 2.11 bits per heavy atom. The zero-order chi connectivity index (χ0) is 12.8. The largest absolute Gasteiger partial charge is 0.493 e. The van der Waals surface area contributed by atoms with E-state index in [9.17, 15) is 0 Å². The van der Waals surface area contributed by atoms with E-state index < -0.39 is 0 Å². The Balaban J connectivity index is 1.84. The van der Waals surface area contributed by atoms with E-state index in [1.54, 1.807) is 14.2 Å². The summed E-state index contributed by atoms with van der Waals surface area (Å²) in [6.45, 7) is 1.83. The summed E-state index contributed by atoms with van der Waals surface area (Å²) in [7, 11) is 3.29. The van der Waals surface area contributed by atoms with Crippen LogP contribution in [-0.4, -0.2) is 33.5 Å². The van der Waals surface area contributed by atoms with Crippen LogP contribution in [0.2, 0.25) is 0 Å². The number of benzene rings is 1. The zero-order valence-electron chi connectivity index (χ0n) is 11.1. The van der Waals surface area contributed by atoms with Gasteiger partial charge in [0.2, 0.25) is 0 Å². The molecular weight excluding hydrogens is 230 g/mol.